The predicted octanol–water partition coefficient (Wildman–Crippen LogP) is 3.70. The minimum atomic E-state index is -3.29. The van der Waals surface area contributed by atoms with Crippen LogP contribution in [0.15, 0.2) is 54.6 Å². The molecule has 0 aromatic heterocycles. The van der Waals surface area contributed by atoms with E-state index in [2.05, 4.69) is 0 Å². The number of piperidine rings is 1. The van der Waals surface area contributed by atoms with Crippen LogP contribution >= 0.6 is 0 Å². The summed E-state index contributed by atoms with van der Waals surface area (Å²) in [5.41, 5.74) is 0.935. The van der Waals surface area contributed by atoms with Crippen molar-refractivity contribution < 1.29 is 17.6 Å². The molecule has 2 aromatic carbocycles. The number of benzene rings is 2. The lowest BCUT2D eigenvalue weighted by Crippen LogP contribution is -2.54. The van der Waals surface area contributed by atoms with Crippen LogP contribution in [0, 0.1) is 5.82 Å². The van der Waals surface area contributed by atoms with Gasteiger partial charge in [0.2, 0.25) is 15.9 Å². The minimum Gasteiger partial charge on any atom is -0.335 e. The molecule has 2 fully saturated rings. The summed E-state index contributed by atoms with van der Waals surface area (Å²) >= 11 is 0. The van der Waals surface area contributed by atoms with Crippen LogP contribution in [0.4, 0.5) is 4.39 Å². The number of halogens is 1. The van der Waals surface area contributed by atoms with Crippen LogP contribution in [0.5, 0.6) is 0 Å². The highest BCUT2D eigenvalue weighted by atomic mass is 32.2. The molecule has 1 aliphatic carbocycles. The van der Waals surface area contributed by atoms with Crippen molar-refractivity contribution in [2.24, 2.45) is 0 Å². The molecule has 1 amide bonds. The summed E-state index contributed by atoms with van der Waals surface area (Å²) in [6.07, 6.45) is 2.79. The Labute approximate surface area is 183 Å². The van der Waals surface area contributed by atoms with Crippen LogP contribution < -0.4 is 0 Å². The molecule has 0 bridgehead atoms. The monoisotopic (exact) mass is 444 g/mol. The van der Waals surface area contributed by atoms with Crippen molar-refractivity contribution in [3.8, 4) is 0 Å². The highest BCUT2D eigenvalue weighted by molar-refractivity contribution is 7.89. The van der Waals surface area contributed by atoms with Crippen molar-refractivity contribution in [2.75, 3.05) is 18.8 Å². The Morgan fingerprint density at radius 1 is 1.10 bits per heavy atom. The molecular weight excluding hydrogens is 415 g/mol. The van der Waals surface area contributed by atoms with Gasteiger partial charge in [-0.25, -0.2) is 17.1 Å². The molecular formula is C24H29FN2O3S. The zero-order valence-corrected chi connectivity index (χ0v) is 18.7. The average Bonchev–Trinajstić information content (AvgIpc) is 3.63. The normalized spacial score (nSPS) is 19.2. The van der Waals surface area contributed by atoms with Crippen molar-refractivity contribution in [1.82, 2.24) is 9.21 Å². The number of carbonyl (C=O) groups excluding carboxylic acids is 1. The molecule has 0 N–H and O–H groups in total. The molecule has 166 valence electrons. The van der Waals surface area contributed by atoms with E-state index in [9.17, 15) is 17.6 Å². The summed E-state index contributed by atoms with van der Waals surface area (Å²) < 4.78 is 40.0. The lowest BCUT2D eigenvalue weighted by atomic mass is 9.72. The summed E-state index contributed by atoms with van der Waals surface area (Å²) in [7, 11) is -3.29. The number of hydrogen-bond acceptors (Lipinski definition) is 3. The molecule has 1 saturated heterocycles. The largest absolute Gasteiger partial charge is 0.335 e. The van der Waals surface area contributed by atoms with Gasteiger partial charge in [0, 0.05) is 25.7 Å². The van der Waals surface area contributed by atoms with Crippen molar-refractivity contribution in [3.63, 3.8) is 0 Å². The van der Waals surface area contributed by atoms with E-state index < -0.39 is 15.4 Å². The molecule has 7 heteroatoms. The predicted molar refractivity (Wildman–Crippen MR) is 118 cm³/mol. The number of hydrogen-bond donors (Lipinski definition) is 0. The highest BCUT2D eigenvalue weighted by Crippen LogP contribution is 2.41. The Morgan fingerprint density at radius 3 is 2.35 bits per heavy atom. The topological polar surface area (TPSA) is 57.7 Å². The number of sulfonamides is 1. The lowest BCUT2D eigenvalue weighted by Gasteiger charge is -2.43. The van der Waals surface area contributed by atoms with Crippen LogP contribution in [0.1, 0.15) is 43.7 Å². The molecule has 5 nitrogen and oxygen atoms in total. The van der Waals surface area contributed by atoms with Crippen molar-refractivity contribution in [1.29, 1.82) is 0 Å². The third kappa shape index (κ3) is 4.53. The Hall–Kier alpha value is -2.25. The molecule has 2 aliphatic rings. The Morgan fingerprint density at radius 2 is 1.77 bits per heavy atom. The number of amides is 1. The molecule has 1 aliphatic heterocycles. The van der Waals surface area contributed by atoms with Gasteiger partial charge in [0.05, 0.1) is 11.2 Å². The third-order valence-electron chi connectivity index (χ3n) is 6.56. The van der Waals surface area contributed by atoms with Crippen LogP contribution in [-0.2, 0) is 26.8 Å². The highest BCUT2D eigenvalue weighted by Gasteiger charge is 2.49. The van der Waals surface area contributed by atoms with Gasteiger partial charge in [-0.1, -0.05) is 42.5 Å². The van der Waals surface area contributed by atoms with Gasteiger partial charge in [0.1, 0.15) is 5.82 Å². The molecule has 0 atom stereocenters. The van der Waals surface area contributed by atoms with Gasteiger partial charge >= 0.3 is 0 Å². The van der Waals surface area contributed by atoms with Crippen LogP contribution in [-0.4, -0.2) is 48.4 Å². The molecule has 0 spiro atoms. The fourth-order valence-corrected chi connectivity index (χ4v) is 5.68. The maximum Gasteiger partial charge on any atom is 0.233 e. The molecule has 2 aromatic rings. The number of rotatable bonds is 7. The lowest BCUT2D eigenvalue weighted by molar-refractivity contribution is -0.140. The van der Waals surface area contributed by atoms with Crippen LogP contribution in [0.3, 0.4) is 0 Å². The minimum absolute atomic E-state index is 0.0269. The molecule has 31 heavy (non-hydrogen) atoms. The van der Waals surface area contributed by atoms with E-state index in [0.29, 0.717) is 32.5 Å². The molecule has 1 saturated carbocycles. The SMILES string of the molecule is CCS(=O)(=O)N1CCC(C(=O)N(Cc2cccc(F)c2)C2CC2)(c2ccccc2)CC1. The fraction of sp³-hybridized carbons (Fsp3) is 0.458. The zero-order chi connectivity index (χ0) is 22.1. The van der Waals surface area contributed by atoms with E-state index in [1.807, 2.05) is 41.3 Å². The summed E-state index contributed by atoms with van der Waals surface area (Å²) in [5.74, 6) is -0.219. The Balaban J connectivity index is 1.66. The first-order valence-electron chi connectivity index (χ1n) is 10.9. The van der Waals surface area contributed by atoms with E-state index in [1.54, 1.807) is 13.0 Å². The van der Waals surface area contributed by atoms with E-state index >= 15 is 0 Å². The maximum atomic E-state index is 14.1. The van der Waals surface area contributed by atoms with Gasteiger partial charge in [-0.2, -0.15) is 0 Å². The zero-order valence-electron chi connectivity index (χ0n) is 17.8. The van der Waals surface area contributed by atoms with Crippen molar-refractivity contribution >= 4 is 15.9 Å². The summed E-state index contributed by atoms with van der Waals surface area (Å²) in [5, 5.41) is 0. The maximum absolute atomic E-state index is 14.1. The smallest absolute Gasteiger partial charge is 0.233 e. The first kappa shape index (κ1) is 22.0. The molecule has 0 radical (unpaired) electrons. The fourth-order valence-electron chi connectivity index (χ4n) is 4.57. The molecule has 1 heterocycles. The van der Waals surface area contributed by atoms with Crippen molar-refractivity contribution in [3.05, 3.63) is 71.5 Å². The van der Waals surface area contributed by atoms with Gasteiger partial charge in [0.25, 0.3) is 0 Å². The molecule has 0 unspecified atom stereocenters. The average molecular weight is 445 g/mol. The second kappa shape index (κ2) is 8.71. The summed E-state index contributed by atoms with van der Waals surface area (Å²) in [6, 6.07) is 16.3. The van der Waals surface area contributed by atoms with Crippen molar-refractivity contribution in [2.45, 2.75) is 50.6 Å². The quantitative estimate of drug-likeness (QED) is 0.654. The second-order valence-electron chi connectivity index (χ2n) is 8.54. The van der Waals surface area contributed by atoms with Gasteiger partial charge in [0.15, 0.2) is 0 Å². The van der Waals surface area contributed by atoms with Gasteiger partial charge in [-0.3, -0.25) is 4.79 Å². The number of carbonyl (C=O) groups is 1. The summed E-state index contributed by atoms with van der Waals surface area (Å²) in [6.45, 7) is 2.67. The first-order valence-corrected chi connectivity index (χ1v) is 12.6. The Bertz CT molecular complexity index is 1030. The second-order valence-corrected chi connectivity index (χ2v) is 10.8. The van der Waals surface area contributed by atoms with Crippen LogP contribution in [0.2, 0.25) is 0 Å². The Kier molecular flexibility index (Phi) is 6.17. The summed E-state index contributed by atoms with van der Waals surface area (Å²) in [4.78, 5) is 16.0. The van der Waals surface area contributed by atoms with Gasteiger partial charge in [-0.15, -0.1) is 0 Å². The van der Waals surface area contributed by atoms with E-state index in [4.69, 9.17) is 0 Å². The third-order valence-corrected chi connectivity index (χ3v) is 8.44. The van der Waals surface area contributed by atoms with Crippen LogP contribution in [0.25, 0.3) is 0 Å². The van der Waals surface area contributed by atoms with E-state index in [1.165, 1.54) is 16.4 Å². The van der Waals surface area contributed by atoms with E-state index in [-0.39, 0.29) is 23.5 Å². The standard InChI is InChI=1S/C24H29FN2O3S/c1-2-31(29,30)26-15-13-24(14-16-26,20-8-4-3-5-9-20)23(28)27(22-11-12-22)18-19-7-6-10-21(25)17-19/h3-10,17,22H,2,11-16,18H2,1H3. The van der Waals surface area contributed by atoms with Gasteiger partial charge < -0.3 is 4.90 Å². The first-order chi connectivity index (χ1) is 14.9. The molecule has 4 rings (SSSR count). The number of nitrogens with zero attached hydrogens (tertiary/aromatic N) is 2. The van der Waals surface area contributed by atoms with E-state index in [0.717, 1.165) is 24.0 Å². The van der Waals surface area contributed by atoms with Gasteiger partial charge in [-0.05, 0) is 55.9 Å².